The lowest BCUT2D eigenvalue weighted by Gasteiger charge is -2.27. The molecule has 0 atom stereocenters. The van der Waals surface area contributed by atoms with Gasteiger partial charge < -0.3 is 9.67 Å². The van der Waals surface area contributed by atoms with Crippen LogP contribution in [0.15, 0.2) is 6.33 Å². The lowest BCUT2D eigenvalue weighted by Crippen LogP contribution is -2.34. The molecule has 1 aliphatic carbocycles. The number of carboxylic acid groups (broad SMARTS) is 1. The molecule has 5 nitrogen and oxygen atoms in total. The van der Waals surface area contributed by atoms with Gasteiger partial charge in [0.1, 0.15) is 12.2 Å². The zero-order valence-corrected chi connectivity index (χ0v) is 10.9. The Morgan fingerprint density at radius 1 is 1.39 bits per heavy atom. The van der Waals surface area contributed by atoms with E-state index in [-0.39, 0.29) is 0 Å². The molecule has 0 unspecified atom stereocenters. The van der Waals surface area contributed by atoms with Crippen molar-refractivity contribution in [1.29, 1.82) is 0 Å². The largest absolute Gasteiger partial charge is 0.481 e. The molecule has 0 radical (unpaired) electrons. The number of aryl methyl sites for hydroxylation is 1. The normalized spacial score (nSPS) is 19.4. The van der Waals surface area contributed by atoms with E-state index in [9.17, 15) is 9.90 Å². The highest BCUT2D eigenvalue weighted by atomic mass is 16.4. The van der Waals surface area contributed by atoms with Crippen LogP contribution in [0.2, 0.25) is 0 Å². The zero-order valence-electron chi connectivity index (χ0n) is 10.9. The number of carboxylic acids is 1. The maximum Gasteiger partial charge on any atom is 0.310 e. The third-order valence-electron chi connectivity index (χ3n) is 4.05. The van der Waals surface area contributed by atoms with Crippen LogP contribution in [0.1, 0.15) is 51.3 Å². The molecule has 1 aromatic heterocycles. The monoisotopic (exact) mass is 251 g/mol. The third kappa shape index (κ3) is 2.54. The fraction of sp³-hybridized carbons (Fsp3) is 0.769. The van der Waals surface area contributed by atoms with Gasteiger partial charge in [-0.3, -0.25) is 4.79 Å². The molecule has 1 saturated carbocycles. The van der Waals surface area contributed by atoms with Crippen molar-refractivity contribution in [3.8, 4) is 0 Å². The summed E-state index contributed by atoms with van der Waals surface area (Å²) in [5.41, 5.74) is -0.629. The molecule has 0 amide bonds. The molecule has 18 heavy (non-hydrogen) atoms. The number of aliphatic carboxylic acids is 1. The minimum Gasteiger partial charge on any atom is -0.481 e. The second kappa shape index (κ2) is 5.50. The van der Waals surface area contributed by atoms with Gasteiger partial charge in [-0.25, -0.2) is 0 Å². The zero-order chi connectivity index (χ0) is 13.0. The van der Waals surface area contributed by atoms with Crippen molar-refractivity contribution >= 4 is 5.97 Å². The lowest BCUT2D eigenvalue weighted by molar-refractivity contribution is -0.150. The Bertz CT molecular complexity index is 406. The summed E-state index contributed by atoms with van der Waals surface area (Å²) in [5.74, 6) is 0.136. The summed E-state index contributed by atoms with van der Waals surface area (Å²) in [6.07, 6.45) is 8.03. The molecule has 1 fully saturated rings. The molecule has 0 spiro atoms. The Labute approximate surface area is 107 Å². The second-order valence-corrected chi connectivity index (χ2v) is 5.21. The molecular formula is C13H21N3O2. The molecule has 100 valence electrons. The van der Waals surface area contributed by atoms with Gasteiger partial charge in [0.05, 0.1) is 5.41 Å². The van der Waals surface area contributed by atoms with Crippen LogP contribution >= 0.6 is 0 Å². The van der Waals surface area contributed by atoms with E-state index < -0.39 is 11.4 Å². The summed E-state index contributed by atoms with van der Waals surface area (Å²) in [4.78, 5) is 11.7. The first-order valence-corrected chi connectivity index (χ1v) is 6.78. The first-order chi connectivity index (χ1) is 8.68. The first-order valence-electron chi connectivity index (χ1n) is 6.78. The lowest BCUT2D eigenvalue weighted by atomic mass is 9.77. The van der Waals surface area contributed by atoms with Gasteiger partial charge in [-0.05, 0) is 19.8 Å². The minimum atomic E-state index is -0.671. The molecule has 1 N–H and O–H groups in total. The maximum absolute atomic E-state index is 11.7. The number of carbonyl (C=O) groups is 1. The molecule has 2 rings (SSSR count). The summed E-state index contributed by atoms with van der Waals surface area (Å²) in [7, 11) is 0. The highest BCUT2D eigenvalue weighted by molar-refractivity contribution is 5.75. The molecule has 0 aliphatic heterocycles. The van der Waals surface area contributed by atoms with Gasteiger partial charge in [0, 0.05) is 13.0 Å². The Hall–Kier alpha value is -1.39. The molecule has 1 aromatic rings. The van der Waals surface area contributed by atoms with Crippen LogP contribution in [-0.2, 0) is 17.8 Å². The average molecular weight is 251 g/mol. The van der Waals surface area contributed by atoms with Gasteiger partial charge in [0.25, 0.3) is 0 Å². The summed E-state index contributed by atoms with van der Waals surface area (Å²) < 4.78 is 1.94. The number of aromatic nitrogens is 3. The van der Waals surface area contributed by atoms with Crippen LogP contribution in [0.3, 0.4) is 0 Å². The Balaban J connectivity index is 2.22. The molecule has 1 heterocycles. The Morgan fingerprint density at radius 2 is 2.06 bits per heavy atom. The van der Waals surface area contributed by atoms with Crippen molar-refractivity contribution in [1.82, 2.24) is 14.8 Å². The van der Waals surface area contributed by atoms with Crippen LogP contribution in [0.5, 0.6) is 0 Å². The minimum absolute atomic E-state index is 0.510. The van der Waals surface area contributed by atoms with E-state index in [1.165, 1.54) is 0 Å². The van der Waals surface area contributed by atoms with Crippen LogP contribution in [0, 0.1) is 5.41 Å². The average Bonchev–Trinajstić information content (AvgIpc) is 2.65. The van der Waals surface area contributed by atoms with E-state index in [1.807, 2.05) is 11.5 Å². The summed E-state index contributed by atoms with van der Waals surface area (Å²) in [6.45, 7) is 2.81. The standard InChI is InChI=1S/C13H21N3O2/c1-2-16-10-14-15-11(16)9-13(12(17)18)7-5-3-4-6-8-13/h10H,2-9H2,1H3,(H,17,18). The fourth-order valence-corrected chi connectivity index (χ4v) is 2.85. The van der Waals surface area contributed by atoms with E-state index >= 15 is 0 Å². The highest BCUT2D eigenvalue weighted by Gasteiger charge is 2.39. The van der Waals surface area contributed by atoms with E-state index in [0.29, 0.717) is 6.42 Å². The smallest absolute Gasteiger partial charge is 0.310 e. The maximum atomic E-state index is 11.7. The first kappa shape index (κ1) is 13.1. The van der Waals surface area contributed by atoms with Crippen molar-refractivity contribution in [2.45, 2.75) is 58.4 Å². The van der Waals surface area contributed by atoms with Gasteiger partial charge in [-0.1, -0.05) is 25.7 Å². The number of hydrogen-bond donors (Lipinski definition) is 1. The van der Waals surface area contributed by atoms with E-state index in [2.05, 4.69) is 10.2 Å². The number of nitrogens with zero attached hydrogens (tertiary/aromatic N) is 3. The fourth-order valence-electron chi connectivity index (χ4n) is 2.85. The quantitative estimate of drug-likeness (QED) is 0.833. The van der Waals surface area contributed by atoms with Gasteiger partial charge in [-0.15, -0.1) is 10.2 Å². The summed E-state index contributed by atoms with van der Waals surface area (Å²) in [5, 5.41) is 17.6. The van der Waals surface area contributed by atoms with Gasteiger partial charge in [0.2, 0.25) is 0 Å². The van der Waals surface area contributed by atoms with Crippen LogP contribution in [-0.4, -0.2) is 25.8 Å². The molecule has 0 aromatic carbocycles. The molecule has 0 saturated heterocycles. The van der Waals surface area contributed by atoms with Crippen molar-refractivity contribution in [3.05, 3.63) is 12.2 Å². The van der Waals surface area contributed by atoms with E-state index in [0.717, 1.165) is 50.9 Å². The van der Waals surface area contributed by atoms with Crippen molar-refractivity contribution in [2.75, 3.05) is 0 Å². The van der Waals surface area contributed by atoms with E-state index in [1.54, 1.807) is 6.33 Å². The predicted octanol–water partition coefficient (Wildman–Crippen LogP) is 2.27. The molecule has 1 aliphatic rings. The van der Waals surface area contributed by atoms with Crippen molar-refractivity contribution in [3.63, 3.8) is 0 Å². The Morgan fingerprint density at radius 3 is 2.61 bits per heavy atom. The van der Waals surface area contributed by atoms with Crippen LogP contribution in [0.25, 0.3) is 0 Å². The summed E-state index contributed by atoms with van der Waals surface area (Å²) >= 11 is 0. The van der Waals surface area contributed by atoms with Gasteiger partial charge in [-0.2, -0.15) is 0 Å². The Kier molecular flexibility index (Phi) is 3.99. The van der Waals surface area contributed by atoms with Gasteiger partial charge >= 0.3 is 5.97 Å². The molecular weight excluding hydrogens is 230 g/mol. The second-order valence-electron chi connectivity index (χ2n) is 5.21. The number of hydrogen-bond acceptors (Lipinski definition) is 3. The summed E-state index contributed by atoms with van der Waals surface area (Å²) in [6, 6.07) is 0. The predicted molar refractivity (Wildman–Crippen MR) is 67.2 cm³/mol. The van der Waals surface area contributed by atoms with Crippen LogP contribution in [0.4, 0.5) is 0 Å². The van der Waals surface area contributed by atoms with Crippen molar-refractivity contribution < 1.29 is 9.90 Å². The van der Waals surface area contributed by atoms with E-state index in [4.69, 9.17) is 0 Å². The highest BCUT2D eigenvalue weighted by Crippen LogP contribution is 2.38. The molecule has 5 heteroatoms. The third-order valence-corrected chi connectivity index (χ3v) is 4.05. The molecule has 0 bridgehead atoms. The topological polar surface area (TPSA) is 68.0 Å². The number of rotatable bonds is 4. The van der Waals surface area contributed by atoms with Crippen molar-refractivity contribution in [2.24, 2.45) is 5.41 Å². The van der Waals surface area contributed by atoms with Crippen LogP contribution < -0.4 is 0 Å². The van der Waals surface area contributed by atoms with Gasteiger partial charge in [0.15, 0.2) is 0 Å². The SMILES string of the molecule is CCn1cnnc1CC1(C(=O)O)CCCCCC1.